The standard InChI is InChI=1S/C23H28F3N5O/c24-23(25,26)17-9-11-31(12-10-17)20-7-5-19(6-8-20)30-18-3-1-16(2-4-18)13-28-22(32)21-14-27-15-29-21/h1-8,17,21,27,29-30H,9-15H2,(H,28,32). The number of benzene rings is 2. The van der Waals surface area contributed by atoms with Gasteiger partial charge in [-0.3, -0.25) is 10.1 Å². The minimum Gasteiger partial charge on any atom is -0.372 e. The number of hydrogen-bond donors (Lipinski definition) is 4. The van der Waals surface area contributed by atoms with Crippen molar-refractivity contribution < 1.29 is 18.0 Å². The first-order valence-corrected chi connectivity index (χ1v) is 10.9. The molecule has 1 atom stereocenters. The third-order valence-corrected chi connectivity index (χ3v) is 6.04. The van der Waals surface area contributed by atoms with Crippen molar-refractivity contribution in [1.82, 2.24) is 16.0 Å². The Balaban J connectivity index is 1.26. The maximum Gasteiger partial charge on any atom is 0.391 e. The maximum atomic E-state index is 12.8. The molecule has 2 saturated heterocycles. The number of alkyl halides is 3. The predicted octanol–water partition coefficient (Wildman–Crippen LogP) is 3.34. The number of halogens is 3. The van der Waals surface area contributed by atoms with Crippen molar-refractivity contribution in [2.45, 2.75) is 31.6 Å². The van der Waals surface area contributed by atoms with Crippen LogP contribution >= 0.6 is 0 Å². The van der Waals surface area contributed by atoms with Crippen molar-refractivity contribution in [3.63, 3.8) is 0 Å². The molecule has 172 valence electrons. The summed E-state index contributed by atoms with van der Waals surface area (Å²) in [5.74, 6) is -1.20. The Morgan fingerprint density at radius 2 is 1.62 bits per heavy atom. The van der Waals surface area contributed by atoms with Gasteiger partial charge in [0.25, 0.3) is 0 Å². The van der Waals surface area contributed by atoms with Crippen LogP contribution in [0.5, 0.6) is 0 Å². The predicted molar refractivity (Wildman–Crippen MR) is 119 cm³/mol. The lowest BCUT2D eigenvalue weighted by Crippen LogP contribution is -2.41. The summed E-state index contributed by atoms with van der Waals surface area (Å²) in [6.45, 7) is 2.59. The first kappa shape index (κ1) is 22.4. The van der Waals surface area contributed by atoms with Crippen LogP contribution in [-0.2, 0) is 11.3 Å². The second kappa shape index (κ2) is 9.79. The molecule has 1 amide bonds. The molecule has 0 aliphatic carbocycles. The van der Waals surface area contributed by atoms with E-state index in [-0.39, 0.29) is 24.8 Å². The molecule has 2 fully saturated rings. The summed E-state index contributed by atoms with van der Waals surface area (Å²) in [7, 11) is 0. The quantitative estimate of drug-likeness (QED) is 0.547. The Morgan fingerprint density at radius 1 is 1.00 bits per heavy atom. The van der Waals surface area contributed by atoms with Crippen molar-refractivity contribution in [1.29, 1.82) is 0 Å². The molecule has 32 heavy (non-hydrogen) atoms. The number of nitrogens with zero attached hydrogens (tertiary/aromatic N) is 1. The van der Waals surface area contributed by atoms with Gasteiger partial charge < -0.3 is 20.9 Å². The van der Waals surface area contributed by atoms with Gasteiger partial charge in [0.2, 0.25) is 5.91 Å². The normalized spacial score (nSPS) is 19.7. The second-order valence-corrected chi connectivity index (χ2v) is 8.28. The molecule has 4 rings (SSSR count). The first-order valence-electron chi connectivity index (χ1n) is 10.9. The van der Waals surface area contributed by atoms with Crippen LogP contribution in [0.4, 0.5) is 30.2 Å². The summed E-state index contributed by atoms with van der Waals surface area (Å²) in [6.07, 6.45) is -3.81. The Bertz CT molecular complexity index is 887. The highest BCUT2D eigenvalue weighted by molar-refractivity contribution is 5.82. The zero-order valence-corrected chi connectivity index (χ0v) is 17.7. The Hall–Kier alpha value is -2.78. The van der Waals surface area contributed by atoms with Gasteiger partial charge in [0.15, 0.2) is 0 Å². The van der Waals surface area contributed by atoms with E-state index >= 15 is 0 Å². The average molecular weight is 448 g/mol. The van der Waals surface area contributed by atoms with Crippen LogP contribution in [0.15, 0.2) is 48.5 Å². The number of piperidine rings is 1. The minimum atomic E-state index is -4.09. The van der Waals surface area contributed by atoms with Crippen LogP contribution in [0.25, 0.3) is 0 Å². The third kappa shape index (κ3) is 5.72. The smallest absolute Gasteiger partial charge is 0.372 e. The van der Waals surface area contributed by atoms with E-state index in [2.05, 4.69) is 21.3 Å². The number of hydrogen-bond acceptors (Lipinski definition) is 5. The van der Waals surface area contributed by atoms with Crippen molar-refractivity contribution in [3.05, 3.63) is 54.1 Å². The number of amides is 1. The molecule has 0 saturated carbocycles. The van der Waals surface area contributed by atoms with Crippen LogP contribution < -0.4 is 26.2 Å². The van der Waals surface area contributed by atoms with E-state index in [9.17, 15) is 18.0 Å². The number of carbonyl (C=O) groups is 1. The van der Waals surface area contributed by atoms with Crippen LogP contribution in [-0.4, -0.2) is 44.4 Å². The fourth-order valence-corrected chi connectivity index (χ4v) is 4.08. The lowest BCUT2D eigenvalue weighted by molar-refractivity contribution is -0.179. The fourth-order valence-electron chi connectivity index (χ4n) is 4.08. The molecular weight excluding hydrogens is 419 g/mol. The maximum absolute atomic E-state index is 12.8. The molecule has 2 heterocycles. The van der Waals surface area contributed by atoms with Crippen molar-refractivity contribution >= 4 is 23.0 Å². The van der Waals surface area contributed by atoms with E-state index in [1.807, 2.05) is 53.4 Å². The molecule has 0 aromatic heterocycles. The summed E-state index contributed by atoms with van der Waals surface area (Å²) in [4.78, 5) is 14.1. The SMILES string of the molecule is O=C(NCc1ccc(Nc2ccc(N3CCC(C(F)(F)F)CC3)cc2)cc1)C1CNCN1. The topological polar surface area (TPSA) is 68.4 Å². The molecule has 0 bridgehead atoms. The van der Waals surface area contributed by atoms with Gasteiger partial charge in [-0.05, 0) is 54.8 Å². The van der Waals surface area contributed by atoms with Gasteiger partial charge in [0, 0.05) is 49.9 Å². The van der Waals surface area contributed by atoms with Gasteiger partial charge >= 0.3 is 6.18 Å². The largest absolute Gasteiger partial charge is 0.391 e. The minimum absolute atomic E-state index is 0.0140. The summed E-state index contributed by atoms with van der Waals surface area (Å²) >= 11 is 0. The molecule has 2 aromatic carbocycles. The van der Waals surface area contributed by atoms with Crippen LogP contribution in [0.1, 0.15) is 18.4 Å². The van der Waals surface area contributed by atoms with E-state index in [0.29, 0.717) is 32.8 Å². The molecule has 0 radical (unpaired) electrons. The number of anilines is 3. The fraction of sp³-hybridized carbons (Fsp3) is 0.435. The Kier molecular flexibility index (Phi) is 6.86. The van der Waals surface area contributed by atoms with Gasteiger partial charge in [-0.15, -0.1) is 0 Å². The van der Waals surface area contributed by atoms with Crippen molar-refractivity contribution in [2.24, 2.45) is 5.92 Å². The first-order chi connectivity index (χ1) is 15.4. The average Bonchev–Trinajstić information content (AvgIpc) is 3.34. The number of nitrogens with one attached hydrogen (secondary N) is 4. The van der Waals surface area contributed by atoms with E-state index in [1.54, 1.807) is 0 Å². The van der Waals surface area contributed by atoms with Gasteiger partial charge in [-0.25, -0.2) is 0 Å². The van der Waals surface area contributed by atoms with Gasteiger partial charge in [-0.2, -0.15) is 13.2 Å². The van der Waals surface area contributed by atoms with E-state index < -0.39 is 12.1 Å². The van der Waals surface area contributed by atoms with Crippen molar-refractivity contribution in [2.75, 3.05) is 36.5 Å². The molecule has 1 unspecified atom stereocenters. The second-order valence-electron chi connectivity index (χ2n) is 8.28. The van der Waals surface area contributed by atoms with Crippen LogP contribution in [0, 0.1) is 5.92 Å². The highest BCUT2D eigenvalue weighted by atomic mass is 19.4. The summed E-state index contributed by atoms with van der Waals surface area (Å²) in [5, 5.41) is 12.4. The molecule has 4 N–H and O–H groups in total. The summed E-state index contributed by atoms with van der Waals surface area (Å²) in [6, 6.07) is 15.4. The Morgan fingerprint density at radius 3 is 2.19 bits per heavy atom. The molecule has 9 heteroatoms. The lowest BCUT2D eigenvalue weighted by Gasteiger charge is -2.34. The van der Waals surface area contributed by atoms with Crippen LogP contribution in [0.2, 0.25) is 0 Å². The number of carbonyl (C=O) groups excluding carboxylic acids is 1. The monoisotopic (exact) mass is 447 g/mol. The third-order valence-electron chi connectivity index (χ3n) is 6.04. The van der Waals surface area contributed by atoms with Crippen LogP contribution in [0.3, 0.4) is 0 Å². The number of rotatable bonds is 6. The lowest BCUT2D eigenvalue weighted by atomic mass is 9.96. The van der Waals surface area contributed by atoms with E-state index in [1.165, 1.54) is 0 Å². The molecular formula is C23H28F3N5O. The van der Waals surface area contributed by atoms with E-state index in [0.717, 1.165) is 22.6 Å². The molecule has 6 nitrogen and oxygen atoms in total. The summed E-state index contributed by atoms with van der Waals surface area (Å²) in [5.41, 5.74) is 3.77. The Labute approximate surface area is 185 Å². The summed E-state index contributed by atoms with van der Waals surface area (Å²) < 4.78 is 38.5. The van der Waals surface area contributed by atoms with Crippen molar-refractivity contribution in [3.8, 4) is 0 Å². The molecule has 0 spiro atoms. The zero-order valence-electron chi connectivity index (χ0n) is 17.7. The highest BCUT2D eigenvalue weighted by Crippen LogP contribution is 2.35. The highest BCUT2D eigenvalue weighted by Gasteiger charge is 2.41. The van der Waals surface area contributed by atoms with Gasteiger partial charge in [0.1, 0.15) is 6.04 Å². The van der Waals surface area contributed by atoms with E-state index in [4.69, 9.17) is 0 Å². The molecule has 2 aliphatic rings. The van der Waals surface area contributed by atoms with Gasteiger partial charge in [-0.1, -0.05) is 12.1 Å². The van der Waals surface area contributed by atoms with Gasteiger partial charge in [0.05, 0.1) is 5.92 Å². The zero-order chi connectivity index (χ0) is 22.6. The molecule has 2 aromatic rings. The molecule has 2 aliphatic heterocycles.